The van der Waals surface area contributed by atoms with Crippen molar-refractivity contribution < 1.29 is 4.74 Å². The highest BCUT2D eigenvalue weighted by Gasteiger charge is 2.44. The average Bonchev–Trinajstić information content (AvgIpc) is 2.29. The van der Waals surface area contributed by atoms with E-state index in [9.17, 15) is 5.26 Å². The lowest BCUT2D eigenvalue weighted by Crippen LogP contribution is -2.56. The van der Waals surface area contributed by atoms with Gasteiger partial charge in [-0.2, -0.15) is 5.26 Å². The number of rotatable bonds is 1. The highest BCUT2D eigenvalue weighted by molar-refractivity contribution is 5.12. The second kappa shape index (κ2) is 4.35. The lowest BCUT2D eigenvalue weighted by Gasteiger charge is -2.48. The monoisotopic (exact) mass is 222 g/mol. The van der Waals surface area contributed by atoms with Crippen molar-refractivity contribution in [1.82, 2.24) is 4.90 Å². The highest BCUT2D eigenvalue weighted by Crippen LogP contribution is 2.43. The molecule has 0 aromatic heterocycles. The van der Waals surface area contributed by atoms with Crippen molar-refractivity contribution in [3.8, 4) is 6.07 Å². The Morgan fingerprint density at radius 2 is 1.88 bits per heavy atom. The topological polar surface area (TPSA) is 36.3 Å². The smallest absolute Gasteiger partial charge is 0.109 e. The standard InChI is InChI=1S/C13H22N2O/c1-12(2)4-3-5-13(10-12,11-14)15-6-8-16-9-7-15/h3-10H2,1-2H3. The quantitative estimate of drug-likeness (QED) is 0.682. The van der Waals surface area contributed by atoms with Crippen LogP contribution in [0.4, 0.5) is 0 Å². The van der Waals surface area contributed by atoms with Crippen molar-refractivity contribution in [2.24, 2.45) is 5.41 Å². The van der Waals surface area contributed by atoms with Crippen molar-refractivity contribution in [3.63, 3.8) is 0 Å². The molecule has 0 aromatic carbocycles. The van der Waals surface area contributed by atoms with E-state index >= 15 is 0 Å². The van der Waals surface area contributed by atoms with Gasteiger partial charge in [0.15, 0.2) is 0 Å². The Kier molecular flexibility index (Phi) is 3.23. The Balaban J connectivity index is 2.15. The van der Waals surface area contributed by atoms with E-state index in [4.69, 9.17) is 4.74 Å². The van der Waals surface area contributed by atoms with Crippen molar-refractivity contribution in [3.05, 3.63) is 0 Å². The molecule has 1 aliphatic heterocycles. The predicted molar refractivity (Wildman–Crippen MR) is 63.0 cm³/mol. The lowest BCUT2D eigenvalue weighted by atomic mass is 9.68. The minimum Gasteiger partial charge on any atom is -0.379 e. The number of hydrogen-bond acceptors (Lipinski definition) is 3. The molecule has 3 nitrogen and oxygen atoms in total. The summed E-state index contributed by atoms with van der Waals surface area (Å²) in [4.78, 5) is 2.36. The van der Waals surface area contributed by atoms with Crippen LogP contribution in [0.25, 0.3) is 0 Å². The summed E-state index contributed by atoms with van der Waals surface area (Å²) in [6, 6.07) is 2.61. The summed E-state index contributed by atoms with van der Waals surface area (Å²) >= 11 is 0. The number of morpholine rings is 1. The third-order valence-corrected chi connectivity index (χ3v) is 4.04. The van der Waals surface area contributed by atoms with Gasteiger partial charge in [-0.05, 0) is 24.7 Å². The van der Waals surface area contributed by atoms with Gasteiger partial charge >= 0.3 is 0 Å². The first-order valence-electron chi connectivity index (χ1n) is 6.32. The lowest BCUT2D eigenvalue weighted by molar-refractivity contribution is -0.0326. The number of nitriles is 1. The molecule has 2 rings (SSSR count). The van der Waals surface area contributed by atoms with Crippen LogP contribution in [-0.4, -0.2) is 36.7 Å². The number of hydrogen-bond donors (Lipinski definition) is 0. The van der Waals surface area contributed by atoms with E-state index in [0.29, 0.717) is 5.41 Å². The van der Waals surface area contributed by atoms with Crippen LogP contribution in [0.2, 0.25) is 0 Å². The zero-order valence-electron chi connectivity index (χ0n) is 10.5. The van der Waals surface area contributed by atoms with Gasteiger partial charge in [-0.15, -0.1) is 0 Å². The number of nitrogens with zero attached hydrogens (tertiary/aromatic N) is 2. The minimum absolute atomic E-state index is 0.217. The van der Waals surface area contributed by atoms with E-state index < -0.39 is 0 Å². The first-order valence-corrected chi connectivity index (χ1v) is 6.32. The van der Waals surface area contributed by atoms with Crippen LogP contribution >= 0.6 is 0 Å². The van der Waals surface area contributed by atoms with Crippen LogP contribution in [0, 0.1) is 16.7 Å². The molecule has 3 heteroatoms. The molecule has 90 valence electrons. The van der Waals surface area contributed by atoms with Crippen molar-refractivity contribution in [1.29, 1.82) is 5.26 Å². The maximum atomic E-state index is 9.59. The van der Waals surface area contributed by atoms with Gasteiger partial charge < -0.3 is 4.74 Å². The maximum absolute atomic E-state index is 9.59. The highest BCUT2D eigenvalue weighted by atomic mass is 16.5. The zero-order valence-corrected chi connectivity index (χ0v) is 10.5. The molecule has 1 saturated carbocycles. The van der Waals surface area contributed by atoms with Crippen LogP contribution in [-0.2, 0) is 4.74 Å². The molecule has 16 heavy (non-hydrogen) atoms. The van der Waals surface area contributed by atoms with Crippen LogP contribution in [0.15, 0.2) is 0 Å². The van der Waals surface area contributed by atoms with Gasteiger partial charge in [-0.3, -0.25) is 4.90 Å². The van der Waals surface area contributed by atoms with Crippen LogP contribution in [0.5, 0.6) is 0 Å². The molecule has 0 N–H and O–H groups in total. The van der Waals surface area contributed by atoms with Crippen molar-refractivity contribution in [2.45, 2.75) is 45.1 Å². The molecule has 1 heterocycles. The third kappa shape index (κ3) is 2.23. The molecule has 0 amide bonds. The summed E-state index contributed by atoms with van der Waals surface area (Å²) in [5, 5.41) is 9.59. The van der Waals surface area contributed by atoms with E-state index in [2.05, 4.69) is 24.8 Å². The molecule has 1 saturated heterocycles. The molecular weight excluding hydrogens is 200 g/mol. The fraction of sp³-hybridized carbons (Fsp3) is 0.923. The Labute approximate surface area is 98.4 Å². The Bertz CT molecular complexity index is 289. The second-order valence-corrected chi connectivity index (χ2v) is 5.94. The second-order valence-electron chi connectivity index (χ2n) is 5.94. The summed E-state index contributed by atoms with van der Waals surface area (Å²) in [7, 11) is 0. The van der Waals surface area contributed by atoms with Crippen LogP contribution < -0.4 is 0 Å². The molecule has 2 aliphatic rings. The predicted octanol–water partition coefficient (Wildman–Crippen LogP) is 2.18. The van der Waals surface area contributed by atoms with E-state index in [0.717, 1.165) is 39.1 Å². The normalized spacial score (nSPS) is 35.6. The van der Waals surface area contributed by atoms with Crippen LogP contribution in [0.3, 0.4) is 0 Å². The maximum Gasteiger partial charge on any atom is 0.109 e. The number of ether oxygens (including phenoxy) is 1. The van der Waals surface area contributed by atoms with Crippen molar-refractivity contribution in [2.75, 3.05) is 26.3 Å². The third-order valence-electron chi connectivity index (χ3n) is 4.04. The van der Waals surface area contributed by atoms with Gasteiger partial charge in [0, 0.05) is 13.1 Å². The molecule has 2 fully saturated rings. The first kappa shape index (κ1) is 11.9. The Morgan fingerprint density at radius 3 is 2.44 bits per heavy atom. The molecule has 0 spiro atoms. The Morgan fingerprint density at radius 1 is 1.19 bits per heavy atom. The SMILES string of the molecule is CC1(C)CCCC(C#N)(N2CCOCC2)C1. The minimum atomic E-state index is -0.217. The van der Waals surface area contributed by atoms with E-state index in [1.807, 2.05) is 0 Å². The molecule has 1 unspecified atom stereocenters. The van der Waals surface area contributed by atoms with E-state index in [1.54, 1.807) is 0 Å². The average molecular weight is 222 g/mol. The fourth-order valence-electron chi connectivity index (χ4n) is 3.26. The molecule has 1 aliphatic carbocycles. The van der Waals surface area contributed by atoms with Gasteiger partial charge in [0.2, 0.25) is 0 Å². The molecule has 0 radical (unpaired) electrons. The summed E-state index contributed by atoms with van der Waals surface area (Å²) in [6.07, 6.45) is 4.47. The summed E-state index contributed by atoms with van der Waals surface area (Å²) in [5.41, 5.74) is 0.0951. The summed E-state index contributed by atoms with van der Waals surface area (Å²) < 4.78 is 5.38. The van der Waals surface area contributed by atoms with Crippen LogP contribution in [0.1, 0.15) is 39.5 Å². The van der Waals surface area contributed by atoms with Crippen molar-refractivity contribution >= 4 is 0 Å². The summed E-state index contributed by atoms with van der Waals surface area (Å²) in [6.45, 7) is 7.98. The molecule has 0 bridgehead atoms. The Hall–Kier alpha value is -0.590. The van der Waals surface area contributed by atoms with E-state index in [-0.39, 0.29) is 5.54 Å². The molecule has 1 atom stereocenters. The van der Waals surface area contributed by atoms with E-state index in [1.165, 1.54) is 12.8 Å². The first-order chi connectivity index (χ1) is 7.58. The zero-order chi connectivity index (χ0) is 11.6. The molecule has 0 aromatic rings. The van der Waals surface area contributed by atoms with Gasteiger partial charge in [0.1, 0.15) is 5.54 Å². The van der Waals surface area contributed by atoms with Gasteiger partial charge in [0.05, 0.1) is 19.3 Å². The molecular formula is C13H22N2O. The fourth-order valence-corrected chi connectivity index (χ4v) is 3.26. The largest absolute Gasteiger partial charge is 0.379 e. The summed E-state index contributed by atoms with van der Waals surface area (Å²) in [5.74, 6) is 0. The van der Waals surface area contributed by atoms with Gasteiger partial charge in [-0.25, -0.2) is 0 Å². The van der Waals surface area contributed by atoms with Gasteiger partial charge in [0.25, 0.3) is 0 Å². The van der Waals surface area contributed by atoms with Gasteiger partial charge in [-0.1, -0.05) is 20.3 Å².